The Morgan fingerprint density at radius 1 is 1.25 bits per heavy atom. The van der Waals surface area contributed by atoms with Crippen molar-refractivity contribution in [3.05, 3.63) is 34.3 Å². The molecule has 0 saturated carbocycles. The fraction of sp³-hybridized carbons (Fsp3) is 0.588. The van der Waals surface area contributed by atoms with Gasteiger partial charge in [-0.15, -0.1) is 0 Å². The zero-order valence-electron chi connectivity index (χ0n) is 14.2. The summed E-state index contributed by atoms with van der Waals surface area (Å²) in [5, 5.41) is 11.8. The lowest BCUT2D eigenvalue weighted by Gasteiger charge is -2.18. The third kappa shape index (κ3) is 8.80. The largest absolute Gasteiger partial charge is 0.396 e. The van der Waals surface area contributed by atoms with E-state index in [1.54, 1.807) is 24.3 Å². The molecule has 7 heteroatoms. The second kappa shape index (κ2) is 10.2. The van der Waals surface area contributed by atoms with E-state index >= 15 is 0 Å². The Kier molecular flexibility index (Phi) is 8.94. The van der Waals surface area contributed by atoms with Crippen molar-refractivity contribution in [2.24, 2.45) is 11.8 Å². The highest BCUT2D eigenvalue weighted by Gasteiger charge is 2.19. The van der Waals surface area contributed by atoms with Crippen LogP contribution in [0.3, 0.4) is 0 Å². The quantitative estimate of drug-likeness (QED) is 0.610. The smallest absolute Gasteiger partial charge is 0.235 e. The van der Waals surface area contributed by atoms with E-state index < -0.39 is 21.5 Å². The van der Waals surface area contributed by atoms with E-state index in [1.165, 1.54) is 0 Å². The molecule has 2 N–H and O–H groups in total. The van der Waals surface area contributed by atoms with Gasteiger partial charge in [0.25, 0.3) is 0 Å². The molecule has 1 amide bonds. The third-order valence-electron chi connectivity index (χ3n) is 3.58. The van der Waals surface area contributed by atoms with Crippen molar-refractivity contribution in [3.8, 4) is 0 Å². The van der Waals surface area contributed by atoms with E-state index in [4.69, 9.17) is 5.11 Å². The lowest BCUT2D eigenvalue weighted by atomic mass is 9.94. The van der Waals surface area contributed by atoms with Gasteiger partial charge in [-0.25, -0.2) is 8.42 Å². The summed E-state index contributed by atoms with van der Waals surface area (Å²) < 4.78 is 25.1. The summed E-state index contributed by atoms with van der Waals surface area (Å²) in [7, 11) is -3.51. The molecule has 0 aliphatic heterocycles. The molecule has 0 saturated heterocycles. The van der Waals surface area contributed by atoms with Gasteiger partial charge in [0.15, 0.2) is 9.84 Å². The monoisotopic (exact) mass is 419 g/mol. The number of aliphatic hydroxyl groups excluding tert-OH is 1. The molecule has 0 spiro atoms. The number of amides is 1. The molecule has 0 unspecified atom stereocenters. The van der Waals surface area contributed by atoms with Gasteiger partial charge in [-0.2, -0.15) is 0 Å². The van der Waals surface area contributed by atoms with Gasteiger partial charge in [0.05, 0.1) is 5.75 Å². The third-order valence-corrected chi connectivity index (χ3v) is 5.58. The highest BCUT2D eigenvalue weighted by Crippen LogP contribution is 2.15. The van der Waals surface area contributed by atoms with Crippen LogP contribution in [-0.2, 0) is 20.4 Å². The average Bonchev–Trinajstić information content (AvgIpc) is 2.46. The number of hydrogen-bond acceptors (Lipinski definition) is 4. The van der Waals surface area contributed by atoms with Crippen molar-refractivity contribution in [2.75, 3.05) is 18.9 Å². The molecule has 24 heavy (non-hydrogen) atoms. The second-order valence-electron chi connectivity index (χ2n) is 6.47. The number of carbonyl (C=O) groups excluding carboxylic acids is 1. The van der Waals surface area contributed by atoms with Crippen LogP contribution in [0.4, 0.5) is 0 Å². The molecule has 1 aromatic rings. The lowest BCUT2D eigenvalue weighted by molar-refractivity contribution is -0.118. The molecular weight excluding hydrogens is 394 g/mol. The van der Waals surface area contributed by atoms with E-state index in [-0.39, 0.29) is 18.3 Å². The summed E-state index contributed by atoms with van der Waals surface area (Å²) in [6.45, 7) is 4.62. The first kappa shape index (κ1) is 21.1. The van der Waals surface area contributed by atoms with E-state index in [1.807, 2.05) is 0 Å². The first-order valence-electron chi connectivity index (χ1n) is 8.04. The SMILES string of the molecule is CC(C)C[C@H](CCO)CNC(=O)CS(=O)(=O)Cc1ccc(Br)cc1. The van der Waals surface area contributed by atoms with Crippen LogP contribution in [0.25, 0.3) is 0 Å². The highest BCUT2D eigenvalue weighted by molar-refractivity contribution is 9.10. The van der Waals surface area contributed by atoms with E-state index in [9.17, 15) is 13.2 Å². The summed E-state index contributed by atoms with van der Waals surface area (Å²) in [5.74, 6) is -0.539. The number of sulfone groups is 1. The Bertz CT molecular complexity index is 614. The molecule has 1 atom stereocenters. The molecule has 0 aromatic heterocycles. The minimum absolute atomic E-state index is 0.0646. The van der Waals surface area contributed by atoms with Crippen molar-refractivity contribution in [3.63, 3.8) is 0 Å². The van der Waals surface area contributed by atoms with Gasteiger partial charge in [0.1, 0.15) is 5.75 Å². The number of benzene rings is 1. The van der Waals surface area contributed by atoms with Crippen molar-refractivity contribution < 1.29 is 18.3 Å². The molecule has 1 rings (SSSR count). The van der Waals surface area contributed by atoms with E-state index in [2.05, 4.69) is 35.1 Å². The molecule has 136 valence electrons. The Hall–Kier alpha value is -0.920. The van der Waals surface area contributed by atoms with Crippen LogP contribution < -0.4 is 5.32 Å². The summed E-state index contributed by atoms with van der Waals surface area (Å²) in [6.07, 6.45) is 1.48. The van der Waals surface area contributed by atoms with Crippen LogP contribution in [0, 0.1) is 11.8 Å². The molecule has 0 aliphatic rings. The van der Waals surface area contributed by atoms with E-state index in [0.29, 0.717) is 24.4 Å². The van der Waals surface area contributed by atoms with Gasteiger partial charge >= 0.3 is 0 Å². The standard InChI is InChI=1S/C17H26BrNO4S/c1-13(2)9-15(7-8-20)10-19-17(21)12-24(22,23)11-14-3-5-16(18)6-4-14/h3-6,13,15,20H,7-12H2,1-2H3,(H,19,21)/t15-/m0/s1. The maximum atomic E-state index is 12.1. The molecule has 0 heterocycles. The van der Waals surface area contributed by atoms with Crippen molar-refractivity contribution in [2.45, 2.75) is 32.4 Å². The van der Waals surface area contributed by atoms with Crippen LogP contribution in [0.5, 0.6) is 0 Å². The van der Waals surface area contributed by atoms with Gasteiger partial charge in [-0.3, -0.25) is 4.79 Å². The van der Waals surface area contributed by atoms with Gasteiger partial charge in [-0.05, 0) is 42.4 Å². The summed E-state index contributed by atoms with van der Waals surface area (Å²) >= 11 is 3.30. The number of halogens is 1. The molecule has 0 fully saturated rings. The zero-order valence-corrected chi connectivity index (χ0v) is 16.6. The van der Waals surface area contributed by atoms with Gasteiger partial charge in [-0.1, -0.05) is 41.9 Å². The predicted molar refractivity (Wildman–Crippen MR) is 99.3 cm³/mol. The van der Waals surface area contributed by atoms with Crippen LogP contribution in [0.2, 0.25) is 0 Å². The zero-order chi connectivity index (χ0) is 18.2. The number of aliphatic hydroxyl groups is 1. The van der Waals surface area contributed by atoms with E-state index in [0.717, 1.165) is 10.9 Å². The van der Waals surface area contributed by atoms with Crippen molar-refractivity contribution >= 4 is 31.7 Å². The molecule has 1 aromatic carbocycles. The number of rotatable bonds is 10. The fourth-order valence-electron chi connectivity index (χ4n) is 2.55. The van der Waals surface area contributed by atoms with Gasteiger partial charge in [0, 0.05) is 17.6 Å². The highest BCUT2D eigenvalue weighted by atomic mass is 79.9. The predicted octanol–water partition coefficient (Wildman–Crippen LogP) is 2.52. The van der Waals surface area contributed by atoms with Crippen LogP contribution >= 0.6 is 15.9 Å². The van der Waals surface area contributed by atoms with Gasteiger partial charge in [0.2, 0.25) is 5.91 Å². The molecule has 0 aliphatic carbocycles. The van der Waals surface area contributed by atoms with Crippen LogP contribution in [0.15, 0.2) is 28.7 Å². The van der Waals surface area contributed by atoms with Crippen LogP contribution in [0.1, 0.15) is 32.3 Å². The maximum absolute atomic E-state index is 12.1. The summed E-state index contributed by atoms with van der Waals surface area (Å²) in [6, 6.07) is 6.99. The number of carbonyl (C=O) groups is 1. The normalized spacial score (nSPS) is 13.0. The topological polar surface area (TPSA) is 83.5 Å². The minimum Gasteiger partial charge on any atom is -0.396 e. The molecule has 5 nitrogen and oxygen atoms in total. The second-order valence-corrected chi connectivity index (χ2v) is 9.45. The average molecular weight is 420 g/mol. The van der Waals surface area contributed by atoms with Crippen LogP contribution in [-0.4, -0.2) is 38.3 Å². The summed E-state index contributed by atoms with van der Waals surface area (Å²) in [5.41, 5.74) is 0.656. The molecule has 0 bridgehead atoms. The first-order chi connectivity index (χ1) is 11.2. The number of hydrogen-bond donors (Lipinski definition) is 2. The fourth-order valence-corrected chi connectivity index (χ4v) is 4.12. The Morgan fingerprint density at radius 2 is 1.88 bits per heavy atom. The lowest BCUT2D eigenvalue weighted by Crippen LogP contribution is -2.35. The Labute approximate surface area is 152 Å². The maximum Gasteiger partial charge on any atom is 0.235 e. The number of nitrogens with one attached hydrogen (secondary N) is 1. The first-order valence-corrected chi connectivity index (χ1v) is 10.7. The Balaban J connectivity index is 2.51. The molecular formula is C17H26BrNO4S. The Morgan fingerprint density at radius 3 is 2.42 bits per heavy atom. The summed E-state index contributed by atoms with van der Waals surface area (Å²) in [4.78, 5) is 11.9. The van der Waals surface area contributed by atoms with Crippen molar-refractivity contribution in [1.29, 1.82) is 0 Å². The van der Waals surface area contributed by atoms with Crippen molar-refractivity contribution in [1.82, 2.24) is 5.32 Å². The molecule has 0 radical (unpaired) electrons. The minimum atomic E-state index is -3.51. The van der Waals surface area contributed by atoms with Gasteiger partial charge < -0.3 is 10.4 Å².